The Labute approximate surface area is 170 Å². The molecule has 0 bridgehead atoms. The van der Waals surface area contributed by atoms with Crippen molar-refractivity contribution in [2.24, 2.45) is 5.92 Å². The van der Waals surface area contributed by atoms with Crippen LogP contribution in [0.15, 0.2) is 54.6 Å². The summed E-state index contributed by atoms with van der Waals surface area (Å²) in [5.74, 6) is -0.742. The zero-order valence-electron chi connectivity index (χ0n) is 16.7. The van der Waals surface area contributed by atoms with E-state index in [0.717, 1.165) is 12.0 Å². The van der Waals surface area contributed by atoms with E-state index in [4.69, 9.17) is 9.47 Å². The number of esters is 1. The Morgan fingerprint density at radius 1 is 1.10 bits per heavy atom. The van der Waals surface area contributed by atoms with Gasteiger partial charge in [0.05, 0.1) is 13.0 Å². The molecule has 3 rings (SSSR count). The molecule has 1 aliphatic heterocycles. The summed E-state index contributed by atoms with van der Waals surface area (Å²) in [7, 11) is 1.55. The van der Waals surface area contributed by atoms with Crippen molar-refractivity contribution in [3.8, 4) is 5.75 Å². The zero-order valence-corrected chi connectivity index (χ0v) is 16.7. The summed E-state index contributed by atoms with van der Waals surface area (Å²) in [5.41, 5.74) is 1.59. The van der Waals surface area contributed by atoms with Crippen molar-refractivity contribution < 1.29 is 23.9 Å². The van der Waals surface area contributed by atoms with Crippen LogP contribution in [0.3, 0.4) is 0 Å². The summed E-state index contributed by atoms with van der Waals surface area (Å²) in [6.45, 7) is 2.44. The molecule has 152 valence electrons. The number of carbonyl (C=O) groups excluding carboxylic acids is 3. The number of carbonyl (C=O) groups is 3. The van der Waals surface area contributed by atoms with Crippen molar-refractivity contribution in [1.82, 2.24) is 4.90 Å². The second-order valence-electron chi connectivity index (χ2n) is 7.15. The van der Waals surface area contributed by atoms with Gasteiger partial charge in [0.1, 0.15) is 5.75 Å². The molecule has 0 aromatic heterocycles. The molecular formula is C23H25NO5. The van der Waals surface area contributed by atoms with E-state index in [0.29, 0.717) is 24.4 Å². The first-order chi connectivity index (χ1) is 14.0. The highest BCUT2D eigenvalue weighted by atomic mass is 16.5. The van der Waals surface area contributed by atoms with Crippen LogP contribution in [0.5, 0.6) is 5.75 Å². The molecular weight excluding hydrogens is 370 g/mol. The summed E-state index contributed by atoms with van der Waals surface area (Å²) in [6.07, 6.45) is -0.0537. The van der Waals surface area contributed by atoms with Gasteiger partial charge < -0.3 is 14.4 Å². The molecule has 0 saturated carbocycles. The van der Waals surface area contributed by atoms with Gasteiger partial charge in [-0.3, -0.25) is 14.4 Å². The highest BCUT2D eigenvalue weighted by Crippen LogP contribution is 2.21. The summed E-state index contributed by atoms with van der Waals surface area (Å²) < 4.78 is 10.4. The van der Waals surface area contributed by atoms with E-state index >= 15 is 0 Å². The third kappa shape index (κ3) is 5.22. The van der Waals surface area contributed by atoms with Gasteiger partial charge in [0.15, 0.2) is 6.10 Å². The lowest BCUT2D eigenvalue weighted by Crippen LogP contribution is -2.31. The fourth-order valence-electron chi connectivity index (χ4n) is 3.37. The number of amides is 1. The lowest BCUT2D eigenvalue weighted by atomic mass is 10.1. The summed E-state index contributed by atoms with van der Waals surface area (Å²) in [6, 6.07) is 16.5. The minimum absolute atomic E-state index is 0.0583. The van der Waals surface area contributed by atoms with Crippen LogP contribution in [0.4, 0.5) is 0 Å². The highest BCUT2D eigenvalue weighted by Gasteiger charge is 2.36. The van der Waals surface area contributed by atoms with E-state index < -0.39 is 18.0 Å². The lowest BCUT2D eigenvalue weighted by molar-refractivity contribution is -0.151. The number of ketones is 1. The number of ether oxygens (including phenoxy) is 2. The van der Waals surface area contributed by atoms with E-state index in [1.54, 1.807) is 43.2 Å². The number of benzene rings is 2. The molecule has 2 aromatic carbocycles. The molecule has 6 nitrogen and oxygen atoms in total. The number of likely N-dealkylation sites (tertiary alicyclic amines) is 1. The molecule has 1 heterocycles. The molecule has 29 heavy (non-hydrogen) atoms. The van der Waals surface area contributed by atoms with Crippen molar-refractivity contribution in [3.63, 3.8) is 0 Å². The zero-order chi connectivity index (χ0) is 20.8. The minimum Gasteiger partial charge on any atom is -0.497 e. The van der Waals surface area contributed by atoms with Crippen molar-refractivity contribution in [1.29, 1.82) is 0 Å². The van der Waals surface area contributed by atoms with Crippen LogP contribution in [-0.2, 0) is 20.7 Å². The van der Waals surface area contributed by atoms with E-state index in [1.165, 1.54) is 0 Å². The summed E-state index contributed by atoms with van der Waals surface area (Å²) in [4.78, 5) is 38.9. The number of rotatable bonds is 8. The van der Waals surface area contributed by atoms with E-state index in [1.807, 2.05) is 30.3 Å². The fourth-order valence-corrected chi connectivity index (χ4v) is 3.37. The molecule has 1 aliphatic rings. The van der Waals surface area contributed by atoms with Gasteiger partial charge in [-0.15, -0.1) is 0 Å². The maximum Gasteiger partial charge on any atom is 0.311 e. The van der Waals surface area contributed by atoms with Crippen LogP contribution >= 0.6 is 0 Å². The number of methoxy groups -OCH3 is 1. The van der Waals surface area contributed by atoms with Gasteiger partial charge in [0, 0.05) is 25.1 Å². The molecule has 1 fully saturated rings. The van der Waals surface area contributed by atoms with Crippen molar-refractivity contribution in [2.45, 2.75) is 25.9 Å². The van der Waals surface area contributed by atoms with E-state index in [2.05, 4.69) is 0 Å². The van der Waals surface area contributed by atoms with Gasteiger partial charge >= 0.3 is 5.97 Å². The van der Waals surface area contributed by atoms with Gasteiger partial charge in [-0.1, -0.05) is 30.3 Å². The summed E-state index contributed by atoms with van der Waals surface area (Å²) >= 11 is 0. The molecule has 0 radical (unpaired) electrons. The fraction of sp³-hybridized carbons (Fsp3) is 0.348. The Hall–Kier alpha value is -3.15. The van der Waals surface area contributed by atoms with Gasteiger partial charge in [0.2, 0.25) is 11.7 Å². The van der Waals surface area contributed by atoms with Crippen LogP contribution < -0.4 is 4.74 Å². The first-order valence-electron chi connectivity index (χ1n) is 9.68. The predicted octanol–water partition coefficient (Wildman–Crippen LogP) is 2.90. The third-order valence-electron chi connectivity index (χ3n) is 5.10. The first-order valence-corrected chi connectivity index (χ1v) is 9.68. The average molecular weight is 395 g/mol. The Balaban J connectivity index is 1.52. The summed E-state index contributed by atoms with van der Waals surface area (Å²) in [5, 5.41) is 0. The molecule has 0 spiro atoms. The van der Waals surface area contributed by atoms with Crippen LogP contribution in [0.25, 0.3) is 0 Å². The molecule has 1 saturated heterocycles. The number of hydrogen-bond acceptors (Lipinski definition) is 5. The van der Waals surface area contributed by atoms with Crippen molar-refractivity contribution >= 4 is 17.7 Å². The molecule has 0 aliphatic carbocycles. The number of nitrogens with zero attached hydrogens (tertiary/aromatic N) is 1. The standard InChI is InChI=1S/C23H25NO5/c1-16(22(26)18-8-10-20(28-2)11-9-18)29-23(27)19-14-21(25)24(15-19)13-12-17-6-4-3-5-7-17/h3-11,16,19H,12-15H2,1-2H3/t16-,19-/m0/s1. The SMILES string of the molecule is COc1ccc(C(=O)[C@H](C)OC(=O)[C@H]2CC(=O)N(CCc3ccccc3)C2)cc1. The lowest BCUT2D eigenvalue weighted by Gasteiger charge is -2.17. The Morgan fingerprint density at radius 3 is 2.45 bits per heavy atom. The highest BCUT2D eigenvalue weighted by molar-refractivity contribution is 6.00. The number of Topliss-reactive ketones (excluding diaryl/α,β-unsaturated/α-hetero) is 1. The average Bonchev–Trinajstić information content (AvgIpc) is 3.13. The van der Waals surface area contributed by atoms with Crippen LogP contribution in [0.2, 0.25) is 0 Å². The first kappa shape index (κ1) is 20.6. The molecule has 2 aromatic rings. The number of hydrogen-bond donors (Lipinski definition) is 0. The normalized spacial score (nSPS) is 17.1. The molecule has 6 heteroatoms. The Morgan fingerprint density at radius 2 is 1.79 bits per heavy atom. The second-order valence-corrected chi connectivity index (χ2v) is 7.15. The van der Waals surface area contributed by atoms with Crippen molar-refractivity contribution in [2.75, 3.05) is 20.2 Å². The predicted molar refractivity (Wildman–Crippen MR) is 108 cm³/mol. The maximum absolute atomic E-state index is 12.5. The van der Waals surface area contributed by atoms with E-state index in [-0.39, 0.29) is 18.1 Å². The minimum atomic E-state index is -0.913. The molecule has 1 amide bonds. The van der Waals surface area contributed by atoms with Gasteiger partial charge in [0.25, 0.3) is 0 Å². The van der Waals surface area contributed by atoms with Gasteiger partial charge in [-0.2, -0.15) is 0 Å². The molecule has 0 N–H and O–H groups in total. The van der Waals surface area contributed by atoms with E-state index in [9.17, 15) is 14.4 Å². The maximum atomic E-state index is 12.5. The topological polar surface area (TPSA) is 72.9 Å². The van der Waals surface area contributed by atoms with Crippen LogP contribution in [-0.4, -0.2) is 48.9 Å². The monoisotopic (exact) mass is 395 g/mol. The molecule has 2 atom stereocenters. The van der Waals surface area contributed by atoms with Crippen LogP contribution in [0.1, 0.15) is 29.3 Å². The van der Waals surface area contributed by atoms with Crippen molar-refractivity contribution in [3.05, 3.63) is 65.7 Å². The second kappa shape index (κ2) is 9.37. The molecule has 0 unspecified atom stereocenters. The largest absolute Gasteiger partial charge is 0.497 e. The Kier molecular flexibility index (Phi) is 6.65. The van der Waals surface area contributed by atoms with Crippen LogP contribution in [0, 0.1) is 5.92 Å². The Bertz CT molecular complexity index is 863. The van der Waals surface area contributed by atoms with Gasteiger partial charge in [-0.05, 0) is 43.2 Å². The van der Waals surface area contributed by atoms with Gasteiger partial charge in [-0.25, -0.2) is 0 Å². The smallest absolute Gasteiger partial charge is 0.311 e. The quantitative estimate of drug-likeness (QED) is 0.508. The third-order valence-corrected chi connectivity index (χ3v) is 5.10.